The zero-order chi connectivity index (χ0) is 19.9. The first-order valence-corrected chi connectivity index (χ1v) is 10.2. The van der Waals surface area contributed by atoms with Gasteiger partial charge in [-0.1, -0.05) is 44.2 Å². The van der Waals surface area contributed by atoms with Crippen LogP contribution in [0.1, 0.15) is 19.4 Å². The number of nitrogens with one attached hydrogen (secondary N) is 2. The van der Waals surface area contributed by atoms with E-state index in [1.54, 1.807) is 7.05 Å². The van der Waals surface area contributed by atoms with Crippen LogP contribution in [0, 0.1) is 5.92 Å². The number of aliphatic imine (C=N–C) groups is 1. The number of guanidine groups is 1. The molecular formula is C21H34IN5O2. The van der Waals surface area contributed by atoms with Gasteiger partial charge >= 0.3 is 0 Å². The Balaban J connectivity index is 0.00000300. The summed E-state index contributed by atoms with van der Waals surface area (Å²) in [6.45, 7) is 9.46. The van der Waals surface area contributed by atoms with E-state index in [2.05, 4.69) is 55.8 Å². The van der Waals surface area contributed by atoms with Gasteiger partial charge in [-0.15, -0.1) is 24.0 Å². The van der Waals surface area contributed by atoms with Crippen molar-refractivity contribution in [2.24, 2.45) is 10.9 Å². The molecule has 2 saturated heterocycles. The molecule has 1 aromatic rings. The van der Waals surface area contributed by atoms with Crippen molar-refractivity contribution < 1.29 is 9.53 Å². The van der Waals surface area contributed by atoms with E-state index in [1.807, 2.05) is 13.8 Å². The molecule has 8 heteroatoms. The first-order valence-electron chi connectivity index (χ1n) is 10.2. The van der Waals surface area contributed by atoms with Crippen molar-refractivity contribution in [3.63, 3.8) is 0 Å². The molecule has 7 nitrogen and oxygen atoms in total. The third-order valence-corrected chi connectivity index (χ3v) is 5.39. The molecule has 2 atom stereocenters. The van der Waals surface area contributed by atoms with Crippen molar-refractivity contribution in [3.8, 4) is 0 Å². The number of nitrogens with zero attached hydrogens (tertiary/aromatic N) is 3. The van der Waals surface area contributed by atoms with Gasteiger partial charge in [0.1, 0.15) is 0 Å². The first-order chi connectivity index (χ1) is 13.6. The molecule has 0 saturated carbocycles. The topological polar surface area (TPSA) is 69.2 Å². The van der Waals surface area contributed by atoms with Gasteiger partial charge in [-0.2, -0.15) is 0 Å². The van der Waals surface area contributed by atoms with Crippen molar-refractivity contribution in [1.82, 2.24) is 20.4 Å². The van der Waals surface area contributed by atoms with Crippen molar-refractivity contribution in [2.45, 2.75) is 32.5 Å². The average Bonchev–Trinajstić information content (AvgIpc) is 3.13. The number of rotatable bonds is 6. The second-order valence-electron chi connectivity index (χ2n) is 7.76. The summed E-state index contributed by atoms with van der Waals surface area (Å²) >= 11 is 0. The molecule has 2 heterocycles. The van der Waals surface area contributed by atoms with Crippen molar-refractivity contribution in [3.05, 3.63) is 35.9 Å². The van der Waals surface area contributed by atoms with E-state index >= 15 is 0 Å². The van der Waals surface area contributed by atoms with E-state index in [4.69, 9.17) is 4.74 Å². The molecule has 2 N–H and O–H groups in total. The quantitative estimate of drug-likeness (QED) is 0.261. The monoisotopic (exact) mass is 515 g/mol. The first kappa shape index (κ1) is 23.9. The third-order valence-electron chi connectivity index (χ3n) is 5.39. The fourth-order valence-electron chi connectivity index (χ4n) is 3.84. The lowest BCUT2D eigenvalue weighted by Crippen LogP contribution is -2.50. The van der Waals surface area contributed by atoms with Crippen LogP contribution in [-0.4, -0.2) is 80.2 Å². The second kappa shape index (κ2) is 11.7. The molecule has 3 rings (SSSR count). The largest absolute Gasteiger partial charge is 0.373 e. The molecule has 0 aliphatic carbocycles. The van der Waals surface area contributed by atoms with E-state index in [9.17, 15) is 4.79 Å². The molecule has 2 fully saturated rings. The molecule has 162 valence electrons. The van der Waals surface area contributed by atoms with Crippen molar-refractivity contribution in [2.75, 3.05) is 46.4 Å². The molecule has 0 radical (unpaired) electrons. The van der Waals surface area contributed by atoms with Crippen LogP contribution in [0.4, 0.5) is 0 Å². The highest BCUT2D eigenvalue weighted by Crippen LogP contribution is 2.24. The zero-order valence-corrected chi connectivity index (χ0v) is 20.0. The Morgan fingerprint density at radius 3 is 2.62 bits per heavy atom. The summed E-state index contributed by atoms with van der Waals surface area (Å²) in [7, 11) is 1.81. The number of benzene rings is 1. The predicted molar refractivity (Wildman–Crippen MR) is 127 cm³/mol. The Morgan fingerprint density at radius 1 is 1.21 bits per heavy atom. The zero-order valence-electron chi connectivity index (χ0n) is 17.6. The van der Waals surface area contributed by atoms with Crippen LogP contribution in [0.2, 0.25) is 0 Å². The lowest BCUT2D eigenvalue weighted by Gasteiger charge is -2.36. The summed E-state index contributed by atoms with van der Waals surface area (Å²) in [5, 5.41) is 6.30. The number of fused-ring (bicyclic) bond motifs is 1. The van der Waals surface area contributed by atoms with Crippen LogP contribution in [0.25, 0.3) is 0 Å². The van der Waals surface area contributed by atoms with E-state index in [0.29, 0.717) is 19.1 Å². The van der Waals surface area contributed by atoms with Gasteiger partial charge in [0.25, 0.3) is 0 Å². The van der Waals surface area contributed by atoms with Crippen LogP contribution < -0.4 is 10.6 Å². The van der Waals surface area contributed by atoms with Crippen LogP contribution in [0.3, 0.4) is 0 Å². The number of likely N-dealkylation sites (tertiary alicyclic amines) is 1. The summed E-state index contributed by atoms with van der Waals surface area (Å²) in [6.07, 6.45) is 0.205. The predicted octanol–water partition coefficient (Wildman–Crippen LogP) is 1.54. The Hall–Kier alpha value is -1.39. The highest BCUT2D eigenvalue weighted by atomic mass is 127. The van der Waals surface area contributed by atoms with Gasteiger partial charge in [0.05, 0.1) is 18.8 Å². The van der Waals surface area contributed by atoms with Gasteiger partial charge in [-0.3, -0.25) is 14.7 Å². The number of morpholine rings is 1. The summed E-state index contributed by atoms with van der Waals surface area (Å²) in [5.41, 5.74) is 1.34. The van der Waals surface area contributed by atoms with Gasteiger partial charge in [-0.25, -0.2) is 0 Å². The maximum absolute atomic E-state index is 11.7. The molecule has 29 heavy (non-hydrogen) atoms. The van der Waals surface area contributed by atoms with Crippen LogP contribution in [-0.2, 0) is 16.1 Å². The SMILES string of the molecule is CN=C(NCCNC(=O)C(C)C)N1CC2OCCN(Cc3ccccc3)C2C1.I. The van der Waals surface area contributed by atoms with Gasteiger partial charge in [0.15, 0.2) is 5.96 Å². The standard InChI is InChI=1S/C21H33N5O2.HI/c1-16(2)20(27)23-9-10-24-21(22-3)26-14-18-19(15-26)28-12-11-25(18)13-17-7-5-4-6-8-17;/h4-8,16,18-19H,9-15H2,1-3H3,(H,22,24)(H,23,27);1H. The number of amides is 1. The Bertz CT molecular complexity index is 670. The fraction of sp³-hybridized carbons (Fsp3) is 0.619. The number of carbonyl (C=O) groups excluding carboxylic acids is 1. The Kier molecular flexibility index (Phi) is 9.64. The maximum atomic E-state index is 11.7. The third kappa shape index (κ3) is 6.55. The molecule has 2 unspecified atom stereocenters. The van der Waals surface area contributed by atoms with Crippen LogP contribution in [0.15, 0.2) is 35.3 Å². The molecule has 2 aliphatic heterocycles. The number of hydrogen-bond donors (Lipinski definition) is 2. The lowest BCUT2D eigenvalue weighted by molar-refractivity contribution is -0.123. The Labute approximate surface area is 191 Å². The van der Waals surface area contributed by atoms with Gasteiger partial charge in [-0.05, 0) is 5.56 Å². The van der Waals surface area contributed by atoms with E-state index < -0.39 is 0 Å². The van der Waals surface area contributed by atoms with Gasteiger partial charge in [0, 0.05) is 52.2 Å². The van der Waals surface area contributed by atoms with Crippen LogP contribution in [0.5, 0.6) is 0 Å². The lowest BCUT2D eigenvalue weighted by atomic mass is 10.1. The van der Waals surface area contributed by atoms with Crippen molar-refractivity contribution in [1.29, 1.82) is 0 Å². The molecule has 1 amide bonds. The van der Waals surface area contributed by atoms with E-state index in [0.717, 1.165) is 38.7 Å². The molecule has 0 aromatic heterocycles. The highest BCUT2D eigenvalue weighted by Gasteiger charge is 2.41. The highest BCUT2D eigenvalue weighted by molar-refractivity contribution is 14.0. The number of hydrogen-bond acceptors (Lipinski definition) is 4. The summed E-state index contributed by atoms with van der Waals surface area (Å²) in [5.74, 6) is 0.958. The molecule has 0 spiro atoms. The second-order valence-corrected chi connectivity index (χ2v) is 7.76. The summed E-state index contributed by atoms with van der Waals surface area (Å²) in [6, 6.07) is 11.0. The molecule has 0 bridgehead atoms. The number of carbonyl (C=O) groups is 1. The fourth-order valence-corrected chi connectivity index (χ4v) is 3.84. The summed E-state index contributed by atoms with van der Waals surface area (Å²) in [4.78, 5) is 20.9. The normalized spacial score (nSPS) is 22.2. The maximum Gasteiger partial charge on any atom is 0.222 e. The number of halogens is 1. The minimum atomic E-state index is 0. The Morgan fingerprint density at radius 2 is 1.93 bits per heavy atom. The molecule has 2 aliphatic rings. The number of ether oxygens (including phenoxy) is 1. The van der Waals surface area contributed by atoms with E-state index in [-0.39, 0.29) is 41.9 Å². The van der Waals surface area contributed by atoms with Crippen molar-refractivity contribution >= 4 is 35.8 Å². The smallest absolute Gasteiger partial charge is 0.222 e. The molecular weight excluding hydrogens is 481 g/mol. The van der Waals surface area contributed by atoms with Crippen LogP contribution >= 0.6 is 24.0 Å². The van der Waals surface area contributed by atoms with Gasteiger partial charge in [0.2, 0.25) is 5.91 Å². The minimum Gasteiger partial charge on any atom is -0.373 e. The van der Waals surface area contributed by atoms with E-state index in [1.165, 1.54) is 5.56 Å². The summed E-state index contributed by atoms with van der Waals surface area (Å²) < 4.78 is 6.06. The molecule has 1 aromatic carbocycles. The van der Waals surface area contributed by atoms with Gasteiger partial charge < -0.3 is 20.3 Å². The minimum absolute atomic E-state index is 0. The average molecular weight is 515 g/mol.